The Hall–Kier alpha value is -3.78. The first-order valence-corrected chi connectivity index (χ1v) is 9.08. The van der Waals surface area contributed by atoms with Crippen molar-refractivity contribution < 1.29 is 4.92 Å². The molecule has 2 N–H and O–H groups in total. The Labute approximate surface area is 170 Å². The van der Waals surface area contributed by atoms with Crippen LogP contribution < -0.4 is 10.6 Å². The predicted molar refractivity (Wildman–Crippen MR) is 112 cm³/mol. The highest BCUT2D eigenvalue weighted by Crippen LogP contribution is 2.33. The van der Waals surface area contributed by atoms with Crippen LogP contribution in [-0.4, -0.2) is 19.9 Å². The van der Waals surface area contributed by atoms with Gasteiger partial charge in [-0.15, -0.1) is 0 Å². The summed E-state index contributed by atoms with van der Waals surface area (Å²) in [6.07, 6.45) is 2.93. The van der Waals surface area contributed by atoms with Crippen LogP contribution in [0.15, 0.2) is 67.1 Å². The average molecular weight is 407 g/mol. The van der Waals surface area contributed by atoms with E-state index in [-0.39, 0.29) is 23.9 Å². The van der Waals surface area contributed by atoms with E-state index in [1.807, 2.05) is 42.5 Å². The molecule has 4 aromatic rings. The molecule has 0 aliphatic rings. The lowest BCUT2D eigenvalue weighted by Gasteiger charge is -2.11. The summed E-state index contributed by atoms with van der Waals surface area (Å²) in [6.45, 7) is 0.285. The van der Waals surface area contributed by atoms with Gasteiger partial charge >= 0.3 is 5.69 Å². The Morgan fingerprint density at radius 1 is 0.966 bits per heavy atom. The Bertz CT molecular complexity index is 1200. The van der Waals surface area contributed by atoms with Crippen LogP contribution in [0, 0.1) is 10.1 Å². The van der Waals surface area contributed by atoms with Crippen LogP contribution in [0.25, 0.3) is 10.9 Å². The average Bonchev–Trinajstić information content (AvgIpc) is 2.73. The van der Waals surface area contributed by atoms with Crippen molar-refractivity contribution in [1.29, 1.82) is 0 Å². The van der Waals surface area contributed by atoms with Gasteiger partial charge in [-0.25, -0.2) is 9.97 Å². The molecule has 0 aliphatic carbocycles. The highest BCUT2D eigenvalue weighted by Gasteiger charge is 2.23. The third-order valence-corrected chi connectivity index (χ3v) is 4.66. The van der Waals surface area contributed by atoms with Gasteiger partial charge in [-0.2, -0.15) is 0 Å². The van der Waals surface area contributed by atoms with Crippen LogP contribution in [0.5, 0.6) is 0 Å². The smallest absolute Gasteiger partial charge is 0.353 e. The van der Waals surface area contributed by atoms with Crippen molar-refractivity contribution >= 4 is 45.5 Å². The lowest BCUT2D eigenvalue weighted by Crippen LogP contribution is -2.08. The third kappa shape index (κ3) is 3.92. The topological polar surface area (TPSA) is 106 Å². The van der Waals surface area contributed by atoms with Gasteiger partial charge in [0, 0.05) is 23.2 Å². The van der Waals surface area contributed by atoms with Crippen molar-refractivity contribution in [3.05, 3.63) is 87.8 Å². The summed E-state index contributed by atoms with van der Waals surface area (Å²) < 4.78 is 0. The number of aromatic nitrogens is 3. The van der Waals surface area contributed by atoms with E-state index >= 15 is 0 Å². The molecule has 2 aromatic carbocycles. The number of nitrogens with zero attached hydrogens (tertiary/aromatic N) is 4. The number of benzene rings is 2. The fourth-order valence-electron chi connectivity index (χ4n) is 2.93. The second kappa shape index (κ2) is 8.07. The number of rotatable bonds is 6. The van der Waals surface area contributed by atoms with E-state index in [9.17, 15) is 10.1 Å². The van der Waals surface area contributed by atoms with Gasteiger partial charge in [0.2, 0.25) is 11.6 Å². The van der Waals surface area contributed by atoms with E-state index in [0.717, 1.165) is 10.9 Å². The Kier molecular flexibility index (Phi) is 5.17. The lowest BCUT2D eigenvalue weighted by atomic mass is 10.2. The van der Waals surface area contributed by atoms with Gasteiger partial charge in [0.05, 0.1) is 16.1 Å². The van der Waals surface area contributed by atoms with Gasteiger partial charge in [-0.1, -0.05) is 48.0 Å². The maximum atomic E-state index is 11.8. The molecule has 8 nitrogen and oxygen atoms in total. The largest absolute Gasteiger partial charge is 0.360 e. The molecule has 0 bridgehead atoms. The van der Waals surface area contributed by atoms with E-state index in [4.69, 9.17) is 11.6 Å². The summed E-state index contributed by atoms with van der Waals surface area (Å²) in [7, 11) is 0. The van der Waals surface area contributed by atoms with Gasteiger partial charge < -0.3 is 10.6 Å². The SMILES string of the molecule is O=[N+]([O-])c1c(NCc2ccccc2Cl)ncnc1Nc1cccc2cccnc12. The molecule has 0 fully saturated rings. The minimum absolute atomic E-state index is 0.0739. The van der Waals surface area contributed by atoms with Gasteiger partial charge in [-0.3, -0.25) is 15.1 Å². The summed E-state index contributed by atoms with van der Waals surface area (Å²) >= 11 is 6.16. The van der Waals surface area contributed by atoms with Crippen LogP contribution in [0.1, 0.15) is 5.56 Å². The van der Waals surface area contributed by atoms with Crippen LogP contribution in [0.2, 0.25) is 5.02 Å². The van der Waals surface area contributed by atoms with E-state index in [1.165, 1.54) is 6.33 Å². The maximum absolute atomic E-state index is 11.8. The molecule has 0 atom stereocenters. The van der Waals surface area contributed by atoms with Crippen LogP contribution in [0.4, 0.5) is 23.0 Å². The normalized spacial score (nSPS) is 10.7. The van der Waals surface area contributed by atoms with E-state index in [0.29, 0.717) is 16.2 Å². The van der Waals surface area contributed by atoms with Crippen molar-refractivity contribution in [3.8, 4) is 0 Å². The summed E-state index contributed by atoms with van der Waals surface area (Å²) in [5.74, 6) is 0.172. The van der Waals surface area contributed by atoms with E-state index in [2.05, 4.69) is 25.6 Å². The Balaban J connectivity index is 1.68. The fourth-order valence-corrected chi connectivity index (χ4v) is 3.13. The molecular weight excluding hydrogens is 392 g/mol. The number of fused-ring (bicyclic) bond motifs is 1. The molecule has 4 rings (SSSR count). The highest BCUT2D eigenvalue weighted by atomic mass is 35.5. The molecule has 2 aromatic heterocycles. The number of anilines is 3. The highest BCUT2D eigenvalue weighted by molar-refractivity contribution is 6.31. The second-order valence-corrected chi connectivity index (χ2v) is 6.53. The first kappa shape index (κ1) is 18.6. The number of hydrogen-bond acceptors (Lipinski definition) is 7. The van der Waals surface area contributed by atoms with Gasteiger partial charge in [0.15, 0.2) is 0 Å². The fraction of sp³-hybridized carbons (Fsp3) is 0.0500. The molecule has 0 saturated heterocycles. The molecule has 0 spiro atoms. The minimum Gasteiger partial charge on any atom is -0.360 e. The van der Waals surface area contributed by atoms with Crippen molar-refractivity contribution in [2.75, 3.05) is 10.6 Å². The predicted octanol–water partition coefficient (Wildman–Crippen LogP) is 4.94. The van der Waals surface area contributed by atoms with Gasteiger partial charge in [-0.05, 0) is 23.8 Å². The second-order valence-electron chi connectivity index (χ2n) is 6.13. The van der Waals surface area contributed by atoms with Crippen LogP contribution in [-0.2, 0) is 6.54 Å². The van der Waals surface area contributed by atoms with Crippen molar-refractivity contribution in [2.24, 2.45) is 0 Å². The third-order valence-electron chi connectivity index (χ3n) is 4.29. The Morgan fingerprint density at radius 3 is 2.59 bits per heavy atom. The molecule has 2 heterocycles. The number of hydrogen-bond donors (Lipinski definition) is 2. The minimum atomic E-state index is -0.518. The van der Waals surface area contributed by atoms with Crippen molar-refractivity contribution in [3.63, 3.8) is 0 Å². The number of nitro groups is 1. The zero-order valence-corrected chi connectivity index (χ0v) is 15.8. The first-order valence-electron chi connectivity index (χ1n) is 8.71. The summed E-state index contributed by atoms with van der Waals surface area (Å²) in [5.41, 5.74) is 1.85. The first-order chi connectivity index (χ1) is 14.1. The number of halogens is 1. The van der Waals surface area contributed by atoms with Gasteiger partial charge in [0.1, 0.15) is 6.33 Å². The molecule has 9 heteroatoms. The summed E-state index contributed by atoms with van der Waals surface area (Å²) in [6, 6.07) is 16.6. The van der Waals surface area contributed by atoms with Crippen LogP contribution >= 0.6 is 11.6 Å². The number of nitrogens with one attached hydrogen (secondary N) is 2. The number of para-hydroxylation sites is 1. The van der Waals surface area contributed by atoms with E-state index in [1.54, 1.807) is 18.3 Å². The zero-order chi connectivity index (χ0) is 20.2. The van der Waals surface area contributed by atoms with Crippen LogP contribution in [0.3, 0.4) is 0 Å². The lowest BCUT2D eigenvalue weighted by molar-refractivity contribution is -0.383. The van der Waals surface area contributed by atoms with Crippen molar-refractivity contribution in [2.45, 2.75) is 6.54 Å². The molecule has 0 unspecified atom stereocenters. The monoisotopic (exact) mass is 406 g/mol. The molecular formula is C20H15ClN6O2. The molecule has 0 amide bonds. The molecule has 0 saturated carbocycles. The summed E-state index contributed by atoms with van der Waals surface area (Å²) in [4.78, 5) is 23.7. The quantitative estimate of drug-likeness (QED) is 0.345. The molecule has 0 radical (unpaired) electrons. The molecule has 0 aliphatic heterocycles. The maximum Gasteiger partial charge on any atom is 0.353 e. The van der Waals surface area contributed by atoms with Crippen molar-refractivity contribution in [1.82, 2.24) is 15.0 Å². The summed E-state index contributed by atoms with van der Waals surface area (Å²) in [5, 5.41) is 19.3. The van der Waals surface area contributed by atoms with E-state index < -0.39 is 4.92 Å². The Morgan fingerprint density at radius 2 is 1.76 bits per heavy atom. The zero-order valence-electron chi connectivity index (χ0n) is 15.0. The van der Waals surface area contributed by atoms with Gasteiger partial charge in [0.25, 0.3) is 0 Å². The molecule has 29 heavy (non-hydrogen) atoms. The molecule has 144 valence electrons. The standard InChI is InChI=1S/C20H15ClN6O2/c21-15-8-2-1-5-14(15)11-23-19-18(27(28)29)20(25-12-24-19)26-16-9-3-6-13-7-4-10-22-17(13)16/h1-10,12H,11H2,(H2,23,24,25,26). The number of pyridine rings is 1.